The van der Waals surface area contributed by atoms with E-state index in [1.54, 1.807) is 0 Å². The van der Waals surface area contributed by atoms with Crippen LogP contribution in [-0.2, 0) is 9.53 Å². The lowest BCUT2D eigenvalue weighted by Gasteiger charge is -2.33. The predicted octanol–water partition coefficient (Wildman–Crippen LogP) is 0.756. The monoisotopic (exact) mass is 265 g/mol. The molecule has 102 valence electrons. The molecule has 0 aliphatic carbocycles. The predicted molar refractivity (Wildman–Crippen MR) is 66.0 cm³/mol. The Labute approximate surface area is 110 Å². The number of carbonyl (C=O) groups is 2. The highest BCUT2D eigenvalue weighted by Gasteiger charge is 2.41. The summed E-state index contributed by atoms with van der Waals surface area (Å²) in [5.74, 6) is -1.62. The first kappa shape index (κ1) is 13.4. The number of carbonyl (C=O) groups excluding carboxylic acids is 1. The van der Waals surface area contributed by atoms with Crippen molar-refractivity contribution in [1.29, 1.82) is 0 Å². The van der Waals surface area contributed by atoms with Gasteiger partial charge in [0.25, 0.3) is 5.91 Å². The fourth-order valence-electron chi connectivity index (χ4n) is 2.05. The van der Waals surface area contributed by atoms with E-state index in [1.807, 2.05) is 0 Å². The van der Waals surface area contributed by atoms with Crippen molar-refractivity contribution < 1.29 is 24.5 Å². The summed E-state index contributed by atoms with van der Waals surface area (Å²) in [6, 6.07) is 5.79. The van der Waals surface area contributed by atoms with E-state index < -0.39 is 17.4 Å². The maximum atomic E-state index is 12.0. The Morgan fingerprint density at radius 3 is 2.53 bits per heavy atom. The van der Waals surface area contributed by atoms with Gasteiger partial charge in [0.05, 0.1) is 0 Å². The van der Waals surface area contributed by atoms with Gasteiger partial charge < -0.3 is 20.3 Å². The number of phenolic OH excluding ortho intramolecular Hbond substituents is 1. The number of aliphatic carboxylic acids is 1. The summed E-state index contributed by atoms with van der Waals surface area (Å²) in [6.07, 6.45) is 0.458. The van der Waals surface area contributed by atoms with Crippen molar-refractivity contribution in [2.24, 2.45) is 0 Å². The third kappa shape index (κ3) is 2.85. The minimum absolute atomic E-state index is 0.0380. The Hall–Kier alpha value is -2.08. The zero-order valence-electron chi connectivity index (χ0n) is 10.3. The van der Waals surface area contributed by atoms with Crippen molar-refractivity contribution in [2.45, 2.75) is 18.4 Å². The highest BCUT2D eigenvalue weighted by molar-refractivity contribution is 5.98. The molecule has 0 unspecified atom stereocenters. The van der Waals surface area contributed by atoms with E-state index in [1.165, 1.54) is 24.3 Å². The van der Waals surface area contributed by atoms with E-state index in [0.717, 1.165) is 0 Å². The molecule has 1 aromatic rings. The normalized spacial score (nSPS) is 17.7. The number of phenols is 1. The lowest BCUT2D eigenvalue weighted by atomic mass is 9.89. The van der Waals surface area contributed by atoms with Crippen LogP contribution in [0.15, 0.2) is 24.3 Å². The van der Waals surface area contributed by atoms with Crippen LogP contribution in [0.1, 0.15) is 23.2 Å². The molecular weight excluding hydrogens is 250 g/mol. The first-order valence-corrected chi connectivity index (χ1v) is 5.96. The summed E-state index contributed by atoms with van der Waals surface area (Å²) in [5.41, 5.74) is -1.06. The van der Waals surface area contributed by atoms with Gasteiger partial charge in [0.15, 0.2) is 0 Å². The van der Waals surface area contributed by atoms with Crippen LogP contribution in [0.5, 0.6) is 5.75 Å². The van der Waals surface area contributed by atoms with Crippen LogP contribution in [-0.4, -0.2) is 40.8 Å². The summed E-state index contributed by atoms with van der Waals surface area (Å²) in [7, 11) is 0. The Balaban J connectivity index is 2.18. The molecule has 0 atom stereocenters. The lowest BCUT2D eigenvalue weighted by molar-refractivity contribution is -0.148. The summed E-state index contributed by atoms with van der Waals surface area (Å²) in [5, 5.41) is 21.2. The second-order valence-corrected chi connectivity index (χ2v) is 4.50. The van der Waals surface area contributed by atoms with Gasteiger partial charge in [-0.2, -0.15) is 0 Å². The third-order valence-corrected chi connectivity index (χ3v) is 3.22. The molecule has 0 radical (unpaired) electrons. The quantitative estimate of drug-likeness (QED) is 0.749. The second-order valence-electron chi connectivity index (χ2n) is 4.50. The molecular formula is C13H15NO5. The summed E-state index contributed by atoms with van der Waals surface area (Å²) in [6.45, 7) is 0.596. The van der Waals surface area contributed by atoms with E-state index in [-0.39, 0.29) is 24.2 Å². The van der Waals surface area contributed by atoms with Crippen LogP contribution in [0.3, 0.4) is 0 Å². The van der Waals surface area contributed by atoms with E-state index in [2.05, 4.69) is 5.32 Å². The fourth-order valence-corrected chi connectivity index (χ4v) is 2.05. The number of amides is 1. The van der Waals surface area contributed by atoms with Crippen LogP contribution in [0.25, 0.3) is 0 Å². The van der Waals surface area contributed by atoms with Crippen molar-refractivity contribution in [3.05, 3.63) is 29.8 Å². The maximum Gasteiger partial charge on any atom is 0.329 e. The molecule has 1 aliphatic heterocycles. The molecule has 3 N–H and O–H groups in total. The standard InChI is InChI=1S/C13H15NO5/c15-10-3-1-2-9(8-10)11(16)14-13(12(17)18)4-6-19-7-5-13/h1-3,8,15H,4-7H2,(H,14,16)(H,17,18). The zero-order chi connectivity index (χ0) is 13.9. The number of rotatable bonds is 3. The van der Waals surface area contributed by atoms with Crippen molar-refractivity contribution in [2.75, 3.05) is 13.2 Å². The van der Waals surface area contributed by atoms with Gasteiger partial charge in [-0.1, -0.05) is 6.07 Å². The zero-order valence-corrected chi connectivity index (χ0v) is 10.3. The van der Waals surface area contributed by atoms with Gasteiger partial charge in [0, 0.05) is 31.6 Å². The van der Waals surface area contributed by atoms with Crippen molar-refractivity contribution in [1.82, 2.24) is 5.32 Å². The lowest BCUT2D eigenvalue weighted by Crippen LogP contribution is -2.57. The van der Waals surface area contributed by atoms with Crippen LogP contribution in [0.4, 0.5) is 0 Å². The van der Waals surface area contributed by atoms with Gasteiger partial charge in [0.1, 0.15) is 11.3 Å². The Morgan fingerprint density at radius 2 is 1.95 bits per heavy atom. The highest BCUT2D eigenvalue weighted by Crippen LogP contribution is 2.22. The third-order valence-electron chi connectivity index (χ3n) is 3.22. The van der Waals surface area contributed by atoms with Crippen molar-refractivity contribution >= 4 is 11.9 Å². The number of aromatic hydroxyl groups is 1. The molecule has 0 saturated carbocycles. The summed E-state index contributed by atoms with van der Waals surface area (Å²) in [4.78, 5) is 23.4. The van der Waals surface area contributed by atoms with Gasteiger partial charge in [-0.25, -0.2) is 4.79 Å². The number of benzene rings is 1. The Kier molecular flexibility index (Phi) is 3.71. The summed E-state index contributed by atoms with van der Waals surface area (Å²) >= 11 is 0. The first-order valence-electron chi connectivity index (χ1n) is 5.96. The molecule has 1 fully saturated rings. The number of ether oxygens (including phenoxy) is 1. The molecule has 1 amide bonds. The van der Waals surface area contributed by atoms with Crippen LogP contribution < -0.4 is 5.32 Å². The average Bonchev–Trinajstić information content (AvgIpc) is 2.39. The number of carboxylic acid groups (broad SMARTS) is 1. The van der Waals surface area contributed by atoms with Crippen LogP contribution >= 0.6 is 0 Å². The van der Waals surface area contributed by atoms with E-state index in [0.29, 0.717) is 13.2 Å². The topological polar surface area (TPSA) is 95.9 Å². The summed E-state index contributed by atoms with van der Waals surface area (Å²) < 4.78 is 5.13. The number of hydrogen-bond acceptors (Lipinski definition) is 4. The minimum Gasteiger partial charge on any atom is -0.508 e. The Bertz CT molecular complexity index is 494. The molecule has 6 heteroatoms. The molecule has 1 aliphatic rings. The first-order chi connectivity index (χ1) is 9.03. The van der Waals surface area contributed by atoms with Gasteiger partial charge in [-0.05, 0) is 18.2 Å². The van der Waals surface area contributed by atoms with Gasteiger partial charge in [0.2, 0.25) is 0 Å². The Morgan fingerprint density at radius 1 is 1.26 bits per heavy atom. The van der Waals surface area contributed by atoms with Crippen LogP contribution in [0, 0.1) is 0 Å². The smallest absolute Gasteiger partial charge is 0.329 e. The molecule has 2 rings (SSSR count). The van der Waals surface area contributed by atoms with E-state index in [9.17, 15) is 19.8 Å². The molecule has 0 bridgehead atoms. The SMILES string of the molecule is O=C(NC1(C(=O)O)CCOCC1)c1cccc(O)c1. The molecule has 1 aromatic carbocycles. The molecule has 0 spiro atoms. The minimum atomic E-state index is -1.29. The molecule has 1 saturated heterocycles. The maximum absolute atomic E-state index is 12.0. The van der Waals surface area contributed by atoms with Crippen molar-refractivity contribution in [3.8, 4) is 5.75 Å². The van der Waals surface area contributed by atoms with E-state index in [4.69, 9.17) is 4.74 Å². The largest absolute Gasteiger partial charge is 0.508 e. The number of hydrogen-bond donors (Lipinski definition) is 3. The number of nitrogens with one attached hydrogen (secondary N) is 1. The molecule has 1 heterocycles. The average molecular weight is 265 g/mol. The second kappa shape index (κ2) is 5.27. The van der Waals surface area contributed by atoms with Crippen molar-refractivity contribution in [3.63, 3.8) is 0 Å². The van der Waals surface area contributed by atoms with Gasteiger partial charge >= 0.3 is 5.97 Å². The van der Waals surface area contributed by atoms with Crippen LogP contribution in [0.2, 0.25) is 0 Å². The van der Waals surface area contributed by atoms with Gasteiger partial charge in [-0.3, -0.25) is 4.79 Å². The highest BCUT2D eigenvalue weighted by atomic mass is 16.5. The fraction of sp³-hybridized carbons (Fsp3) is 0.385. The molecule has 6 nitrogen and oxygen atoms in total. The van der Waals surface area contributed by atoms with E-state index >= 15 is 0 Å². The molecule has 19 heavy (non-hydrogen) atoms. The number of carboxylic acids is 1. The molecule has 0 aromatic heterocycles. The van der Waals surface area contributed by atoms with Gasteiger partial charge in [-0.15, -0.1) is 0 Å².